The molecular weight excluding hydrogens is 392 g/mol. The minimum absolute atomic E-state index is 0.144. The molecule has 0 atom stereocenters. The van der Waals surface area contributed by atoms with E-state index in [4.69, 9.17) is 9.47 Å². The number of hydrogen-bond donors (Lipinski definition) is 1. The van der Waals surface area contributed by atoms with Crippen molar-refractivity contribution in [2.75, 3.05) is 12.1 Å². The molecule has 6 nitrogen and oxygen atoms in total. The van der Waals surface area contributed by atoms with Gasteiger partial charge in [0.1, 0.15) is 5.82 Å². The number of rotatable bonds is 3. The molecule has 0 spiro atoms. The molecule has 0 bridgehead atoms. The van der Waals surface area contributed by atoms with E-state index >= 15 is 0 Å². The van der Waals surface area contributed by atoms with Gasteiger partial charge in [-0.3, -0.25) is 9.59 Å². The van der Waals surface area contributed by atoms with Gasteiger partial charge >= 0.3 is 0 Å². The normalized spacial score (nSPS) is 12.2. The van der Waals surface area contributed by atoms with Gasteiger partial charge in [-0.25, -0.2) is 0 Å². The fraction of sp³-hybridized carbons (Fsp3) is 0.120. The Balaban J connectivity index is 1.71. The van der Waals surface area contributed by atoms with Gasteiger partial charge in [-0.1, -0.05) is 35.9 Å². The van der Waals surface area contributed by atoms with E-state index in [2.05, 4.69) is 5.32 Å². The second-order valence-corrected chi connectivity index (χ2v) is 7.52. The van der Waals surface area contributed by atoms with Gasteiger partial charge in [-0.05, 0) is 48.9 Å². The summed E-state index contributed by atoms with van der Waals surface area (Å²) in [6.45, 7) is 2.11. The second kappa shape index (κ2) is 7.32. The van der Waals surface area contributed by atoms with Crippen molar-refractivity contribution < 1.29 is 14.3 Å². The van der Waals surface area contributed by atoms with Crippen LogP contribution in [0.3, 0.4) is 0 Å². The Labute approximate surface area is 178 Å². The molecule has 4 aromatic rings. The topological polar surface area (TPSA) is 69.6 Å². The van der Waals surface area contributed by atoms with Crippen molar-refractivity contribution in [2.24, 2.45) is 7.05 Å². The maximum absolute atomic E-state index is 13.5. The summed E-state index contributed by atoms with van der Waals surface area (Å²) in [5.74, 6) is 1.34. The summed E-state index contributed by atoms with van der Waals surface area (Å²) in [7, 11) is 1.84. The third kappa shape index (κ3) is 3.22. The van der Waals surface area contributed by atoms with Crippen molar-refractivity contribution in [2.45, 2.75) is 6.92 Å². The fourth-order valence-corrected chi connectivity index (χ4v) is 3.84. The maximum Gasteiger partial charge on any atom is 0.256 e. The summed E-state index contributed by atoms with van der Waals surface area (Å²) < 4.78 is 12.7. The lowest BCUT2D eigenvalue weighted by Crippen LogP contribution is -2.21. The zero-order chi connectivity index (χ0) is 21.5. The number of nitrogens with zero attached hydrogens (tertiary/aromatic N) is 1. The van der Waals surface area contributed by atoms with E-state index in [0.29, 0.717) is 39.4 Å². The van der Waals surface area contributed by atoms with Crippen LogP contribution >= 0.6 is 0 Å². The summed E-state index contributed by atoms with van der Waals surface area (Å²) in [6, 6.07) is 20.0. The van der Waals surface area contributed by atoms with Gasteiger partial charge in [0.25, 0.3) is 5.91 Å². The van der Waals surface area contributed by atoms with Gasteiger partial charge in [0.05, 0.1) is 11.1 Å². The number of carbonyl (C=O) groups is 1. The number of anilines is 1. The summed E-state index contributed by atoms with van der Waals surface area (Å²) in [5.41, 5.74) is 3.20. The van der Waals surface area contributed by atoms with Gasteiger partial charge < -0.3 is 19.4 Å². The number of pyridine rings is 1. The minimum atomic E-state index is -0.285. The highest BCUT2D eigenvalue weighted by Gasteiger charge is 2.22. The highest BCUT2D eigenvalue weighted by molar-refractivity contribution is 6.07. The van der Waals surface area contributed by atoms with Crippen LogP contribution in [0.5, 0.6) is 11.5 Å². The van der Waals surface area contributed by atoms with Crippen molar-refractivity contribution in [1.82, 2.24) is 4.57 Å². The number of amides is 1. The molecule has 0 radical (unpaired) electrons. The summed E-state index contributed by atoms with van der Waals surface area (Å²) in [4.78, 5) is 26.6. The molecule has 6 heteroatoms. The number of aromatic nitrogens is 1. The monoisotopic (exact) mass is 412 g/mol. The Morgan fingerprint density at radius 3 is 2.52 bits per heavy atom. The Hall–Kier alpha value is -4.06. The van der Waals surface area contributed by atoms with Gasteiger partial charge in [-0.15, -0.1) is 0 Å². The van der Waals surface area contributed by atoms with Gasteiger partial charge in [-0.2, -0.15) is 0 Å². The Kier molecular flexibility index (Phi) is 4.47. The van der Waals surface area contributed by atoms with Crippen molar-refractivity contribution >= 4 is 22.6 Å². The van der Waals surface area contributed by atoms with Crippen LogP contribution in [0.2, 0.25) is 0 Å². The number of aryl methyl sites for hydroxylation is 2. The number of ether oxygens (including phenoxy) is 2. The van der Waals surface area contributed by atoms with Crippen LogP contribution in [0.15, 0.2) is 71.5 Å². The Morgan fingerprint density at radius 1 is 0.968 bits per heavy atom. The number of para-hydroxylation sites is 1. The van der Waals surface area contributed by atoms with Crippen LogP contribution in [0.4, 0.5) is 5.82 Å². The molecule has 2 heterocycles. The molecule has 1 aromatic heterocycles. The van der Waals surface area contributed by atoms with Crippen LogP contribution in [0.1, 0.15) is 15.9 Å². The maximum atomic E-state index is 13.5. The van der Waals surface area contributed by atoms with Crippen LogP contribution in [-0.2, 0) is 7.05 Å². The SMILES string of the molecule is Cc1ccc(C(=O)Nc2c(-c3ccc4c(c3)OCO4)c(=O)c3ccccc3n2C)cc1. The summed E-state index contributed by atoms with van der Waals surface area (Å²) in [6.07, 6.45) is 0. The van der Waals surface area contributed by atoms with Crippen molar-refractivity contribution in [1.29, 1.82) is 0 Å². The summed E-state index contributed by atoms with van der Waals surface area (Å²) >= 11 is 0. The third-order valence-corrected chi connectivity index (χ3v) is 5.52. The van der Waals surface area contributed by atoms with Gasteiger partial charge in [0.15, 0.2) is 16.9 Å². The first kappa shape index (κ1) is 18.9. The van der Waals surface area contributed by atoms with E-state index in [0.717, 1.165) is 11.1 Å². The molecule has 154 valence electrons. The first-order valence-corrected chi connectivity index (χ1v) is 9.93. The number of nitrogens with one attached hydrogen (secondary N) is 1. The molecule has 0 unspecified atom stereocenters. The molecule has 1 N–H and O–H groups in total. The van der Waals surface area contributed by atoms with Gasteiger partial charge in [0.2, 0.25) is 6.79 Å². The molecule has 31 heavy (non-hydrogen) atoms. The molecule has 0 saturated heterocycles. The van der Waals surface area contributed by atoms with Crippen molar-refractivity contribution in [3.05, 3.63) is 88.1 Å². The highest BCUT2D eigenvalue weighted by atomic mass is 16.7. The van der Waals surface area contributed by atoms with Crippen LogP contribution in [-0.4, -0.2) is 17.3 Å². The Morgan fingerprint density at radius 2 is 1.71 bits per heavy atom. The lowest BCUT2D eigenvalue weighted by Gasteiger charge is -2.18. The second-order valence-electron chi connectivity index (χ2n) is 7.52. The van der Waals surface area contributed by atoms with E-state index < -0.39 is 0 Å². The first-order valence-electron chi connectivity index (χ1n) is 9.93. The Bertz CT molecular complexity index is 1390. The third-order valence-electron chi connectivity index (χ3n) is 5.52. The van der Waals surface area contributed by atoms with Crippen LogP contribution < -0.4 is 20.2 Å². The number of hydrogen-bond acceptors (Lipinski definition) is 4. The number of carbonyl (C=O) groups excluding carboxylic acids is 1. The molecule has 0 aliphatic carbocycles. The average Bonchev–Trinajstić information content (AvgIpc) is 3.26. The fourth-order valence-electron chi connectivity index (χ4n) is 3.84. The number of fused-ring (bicyclic) bond motifs is 2. The lowest BCUT2D eigenvalue weighted by molar-refractivity contribution is 0.102. The standard InChI is InChI=1S/C25H20N2O4/c1-15-7-9-16(10-8-15)25(29)26-24-22(17-11-12-20-21(13-17)31-14-30-20)23(28)18-5-3-4-6-19(18)27(24)2/h3-13H,14H2,1-2H3,(H,26,29). The molecule has 0 fully saturated rings. The van der Waals surface area contributed by atoms with Crippen LogP contribution in [0, 0.1) is 6.92 Å². The smallest absolute Gasteiger partial charge is 0.256 e. The van der Waals surface area contributed by atoms with E-state index in [1.807, 2.05) is 48.9 Å². The predicted molar refractivity (Wildman–Crippen MR) is 120 cm³/mol. The van der Waals surface area contributed by atoms with E-state index in [9.17, 15) is 9.59 Å². The first-order chi connectivity index (χ1) is 15.0. The minimum Gasteiger partial charge on any atom is -0.454 e. The summed E-state index contributed by atoms with van der Waals surface area (Å²) in [5, 5.41) is 3.54. The van der Waals surface area contributed by atoms with E-state index in [1.165, 1.54) is 0 Å². The van der Waals surface area contributed by atoms with Crippen molar-refractivity contribution in [3.63, 3.8) is 0 Å². The quantitative estimate of drug-likeness (QED) is 0.538. The van der Waals surface area contributed by atoms with Crippen molar-refractivity contribution in [3.8, 4) is 22.6 Å². The van der Waals surface area contributed by atoms with E-state index in [1.54, 1.807) is 36.4 Å². The van der Waals surface area contributed by atoms with Crippen LogP contribution in [0.25, 0.3) is 22.0 Å². The molecule has 3 aromatic carbocycles. The number of benzene rings is 3. The largest absolute Gasteiger partial charge is 0.454 e. The molecule has 1 aliphatic rings. The predicted octanol–water partition coefficient (Wildman–Crippen LogP) is 4.49. The molecule has 1 aliphatic heterocycles. The highest BCUT2D eigenvalue weighted by Crippen LogP contribution is 2.37. The van der Waals surface area contributed by atoms with E-state index in [-0.39, 0.29) is 18.1 Å². The zero-order valence-electron chi connectivity index (χ0n) is 17.1. The lowest BCUT2D eigenvalue weighted by atomic mass is 10.0. The molecule has 1 amide bonds. The van der Waals surface area contributed by atoms with Gasteiger partial charge in [0, 0.05) is 18.0 Å². The molecule has 5 rings (SSSR count). The average molecular weight is 412 g/mol. The zero-order valence-corrected chi connectivity index (χ0v) is 17.1. The molecular formula is C25H20N2O4. The molecule has 0 saturated carbocycles.